The Bertz CT molecular complexity index is 1230. The lowest BCUT2D eigenvalue weighted by atomic mass is 10.1. The maximum Gasteiger partial charge on any atom is 0.291 e. The van der Waals surface area contributed by atoms with Gasteiger partial charge in [-0.3, -0.25) is 4.79 Å². The molecule has 3 heterocycles. The van der Waals surface area contributed by atoms with Gasteiger partial charge in [-0.05, 0) is 47.6 Å². The number of thiophene rings is 1. The van der Waals surface area contributed by atoms with E-state index in [0.29, 0.717) is 39.3 Å². The van der Waals surface area contributed by atoms with Crippen molar-refractivity contribution in [2.75, 3.05) is 13.7 Å². The van der Waals surface area contributed by atoms with E-state index in [1.54, 1.807) is 18.4 Å². The van der Waals surface area contributed by atoms with E-state index in [4.69, 9.17) is 9.47 Å². The fourth-order valence-corrected chi connectivity index (χ4v) is 4.35. The van der Waals surface area contributed by atoms with E-state index in [0.717, 1.165) is 16.9 Å². The number of hydrogen-bond acceptors (Lipinski definition) is 7. The molecule has 0 aliphatic heterocycles. The molecule has 3 aromatic heterocycles. The van der Waals surface area contributed by atoms with Crippen LogP contribution in [0.1, 0.15) is 25.8 Å². The number of hydrogen-bond donors (Lipinski definition) is 0. The quantitative estimate of drug-likeness (QED) is 0.448. The third kappa shape index (κ3) is 4.18. The topological polar surface area (TPSA) is 65.7 Å². The Morgan fingerprint density at radius 3 is 2.79 bits per heavy atom. The first-order valence-corrected chi connectivity index (χ1v) is 11.0. The predicted molar refractivity (Wildman–Crippen MR) is 117 cm³/mol. The number of thiazole rings is 1. The lowest BCUT2D eigenvalue weighted by Crippen LogP contribution is -2.23. The van der Waals surface area contributed by atoms with Crippen molar-refractivity contribution in [3.05, 3.63) is 56.2 Å². The molecule has 0 unspecified atom stereocenters. The molecule has 29 heavy (non-hydrogen) atoms. The molecule has 1 aromatic carbocycles. The van der Waals surface area contributed by atoms with E-state index in [-0.39, 0.29) is 5.56 Å². The summed E-state index contributed by atoms with van der Waals surface area (Å²) in [5.41, 5.74) is 0.690. The summed E-state index contributed by atoms with van der Waals surface area (Å²) < 4.78 is 13.2. The molecule has 150 valence electrons. The first-order valence-electron chi connectivity index (χ1n) is 9.31. The molecule has 6 nitrogen and oxygen atoms in total. The minimum atomic E-state index is -0.170. The second-order valence-electron chi connectivity index (χ2n) is 6.96. The Kier molecular flexibility index (Phi) is 5.64. The van der Waals surface area contributed by atoms with E-state index in [2.05, 4.69) is 23.9 Å². The van der Waals surface area contributed by atoms with Crippen LogP contribution < -0.4 is 19.6 Å². The van der Waals surface area contributed by atoms with Crippen LogP contribution in [0.3, 0.4) is 0 Å². The molecule has 0 fully saturated rings. The Labute approximate surface area is 176 Å². The number of aromatic nitrogens is 3. The van der Waals surface area contributed by atoms with Crippen LogP contribution in [0.15, 0.2) is 40.5 Å². The van der Waals surface area contributed by atoms with Gasteiger partial charge < -0.3 is 9.47 Å². The summed E-state index contributed by atoms with van der Waals surface area (Å²) in [4.78, 5) is 18.8. The van der Waals surface area contributed by atoms with Crippen molar-refractivity contribution >= 4 is 33.7 Å². The van der Waals surface area contributed by atoms with Gasteiger partial charge in [0, 0.05) is 0 Å². The van der Waals surface area contributed by atoms with Gasteiger partial charge in [-0.25, -0.2) is 0 Å². The van der Waals surface area contributed by atoms with Crippen LogP contribution in [0.2, 0.25) is 0 Å². The molecule has 0 saturated carbocycles. The molecule has 8 heteroatoms. The molecular weight excluding hydrogens is 406 g/mol. The van der Waals surface area contributed by atoms with Crippen molar-refractivity contribution in [2.24, 2.45) is 5.92 Å². The Morgan fingerprint density at radius 2 is 2.10 bits per heavy atom. The first-order chi connectivity index (χ1) is 14.0. The van der Waals surface area contributed by atoms with E-state index in [1.807, 2.05) is 41.8 Å². The lowest BCUT2D eigenvalue weighted by Gasteiger charge is -2.12. The summed E-state index contributed by atoms with van der Waals surface area (Å²) in [7, 11) is 1.61. The van der Waals surface area contributed by atoms with Crippen molar-refractivity contribution in [3.8, 4) is 22.2 Å². The van der Waals surface area contributed by atoms with Crippen molar-refractivity contribution in [1.82, 2.24) is 14.6 Å². The van der Waals surface area contributed by atoms with Gasteiger partial charge >= 0.3 is 0 Å². The minimum absolute atomic E-state index is 0.170. The highest BCUT2D eigenvalue weighted by molar-refractivity contribution is 7.15. The maximum absolute atomic E-state index is 12.7. The van der Waals surface area contributed by atoms with E-state index < -0.39 is 0 Å². The molecule has 0 saturated heterocycles. The van der Waals surface area contributed by atoms with Crippen LogP contribution in [0.4, 0.5) is 0 Å². The third-order valence-electron chi connectivity index (χ3n) is 4.36. The van der Waals surface area contributed by atoms with Gasteiger partial charge in [0.1, 0.15) is 0 Å². The molecule has 0 amide bonds. The number of nitrogens with zero attached hydrogens (tertiary/aromatic N) is 3. The van der Waals surface area contributed by atoms with Crippen LogP contribution in [0.5, 0.6) is 11.5 Å². The molecule has 0 bridgehead atoms. The van der Waals surface area contributed by atoms with Gasteiger partial charge in [0.25, 0.3) is 5.56 Å². The van der Waals surface area contributed by atoms with Gasteiger partial charge in [0.05, 0.1) is 23.1 Å². The number of ether oxygens (including phenoxy) is 2. The highest BCUT2D eigenvalue weighted by atomic mass is 32.1. The zero-order valence-corrected chi connectivity index (χ0v) is 18.0. The number of benzene rings is 1. The van der Waals surface area contributed by atoms with Gasteiger partial charge in [0.15, 0.2) is 17.3 Å². The lowest BCUT2D eigenvalue weighted by molar-refractivity contribution is 0.273. The fourth-order valence-electron chi connectivity index (χ4n) is 2.79. The van der Waals surface area contributed by atoms with Crippen LogP contribution in [0, 0.1) is 5.92 Å². The summed E-state index contributed by atoms with van der Waals surface area (Å²) in [6.07, 6.45) is 2.81. The molecule has 0 aliphatic rings. The average molecular weight is 428 g/mol. The Balaban J connectivity index is 1.63. The first kappa shape index (κ1) is 19.6. The number of rotatable bonds is 7. The Hall–Kier alpha value is -2.71. The van der Waals surface area contributed by atoms with Crippen LogP contribution in [-0.2, 0) is 0 Å². The van der Waals surface area contributed by atoms with E-state index in [1.165, 1.54) is 15.9 Å². The monoisotopic (exact) mass is 427 g/mol. The molecule has 4 aromatic rings. The third-order valence-corrected chi connectivity index (χ3v) is 6.19. The standard InChI is InChI=1S/C21H21N3O3S2/c1-13(2)8-9-27-15-7-6-14(11-16(15)26-3)12-18-20(25)24-21(29-18)22-19(23-24)17-5-4-10-28-17/h4-7,10-13H,8-9H2,1-3H3/b18-12+. The largest absolute Gasteiger partial charge is 0.493 e. The van der Waals surface area contributed by atoms with Gasteiger partial charge in [-0.15, -0.1) is 16.4 Å². The Morgan fingerprint density at radius 1 is 1.24 bits per heavy atom. The second kappa shape index (κ2) is 8.34. The summed E-state index contributed by atoms with van der Waals surface area (Å²) in [5, 5.41) is 6.33. The fraction of sp³-hybridized carbons (Fsp3) is 0.286. The van der Waals surface area contributed by atoms with Gasteiger partial charge in [-0.1, -0.05) is 37.3 Å². The van der Waals surface area contributed by atoms with E-state index in [9.17, 15) is 4.79 Å². The highest BCUT2D eigenvalue weighted by Gasteiger charge is 2.13. The molecular formula is C21H21N3O3S2. The van der Waals surface area contributed by atoms with Crippen LogP contribution in [0.25, 0.3) is 21.7 Å². The van der Waals surface area contributed by atoms with Gasteiger partial charge in [-0.2, -0.15) is 9.50 Å². The van der Waals surface area contributed by atoms with Gasteiger partial charge in [0.2, 0.25) is 4.96 Å². The van der Waals surface area contributed by atoms with E-state index >= 15 is 0 Å². The molecule has 4 rings (SSSR count). The smallest absolute Gasteiger partial charge is 0.291 e. The summed E-state index contributed by atoms with van der Waals surface area (Å²) >= 11 is 2.88. The highest BCUT2D eigenvalue weighted by Crippen LogP contribution is 2.29. The van der Waals surface area contributed by atoms with Crippen molar-refractivity contribution < 1.29 is 9.47 Å². The zero-order chi connectivity index (χ0) is 20.4. The summed E-state index contributed by atoms with van der Waals surface area (Å²) in [6, 6.07) is 9.55. The summed E-state index contributed by atoms with van der Waals surface area (Å²) in [6.45, 7) is 4.96. The minimum Gasteiger partial charge on any atom is -0.493 e. The molecule has 0 N–H and O–H groups in total. The predicted octanol–water partition coefficient (Wildman–Crippen LogP) is 3.86. The molecule has 0 spiro atoms. The molecule has 0 aliphatic carbocycles. The molecule has 0 atom stereocenters. The average Bonchev–Trinajstić information content (AvgIpc) is 3.41. The molecule has 0 radical (unpaired) electrons. The zero-order valence-electron chi connectivity index (χ0n) is 16.4. The SMILES string of the molecule is COc1cc(/C=c2/sc3nc(-c4cccs4)nn3c2=O)ccc1OCCC(C)C. The number of fused-ring (bicyclic) bond motifs is 1. The maximum atomic E-state index is 12.7. The van der Waals surface area contributed by atoms with Crippen molar-refractivity contribution in [2.45, 2.75) is 20.3 Å². The second-order valence-corrected chi connectivity index (χ2v) is 8.92. The van der Waals surface area contributed by atoms with Crippen molar-refractivity contribution in [1.29, 1.82) is 0 Å². The number of methoxy groups -OCH3 is 1. The van der Waals surface area contributed by atoms with Crippen molar-refractivity contribution in [3.63, 3.8) is 0 Å². The normalized spacial score (nSPS) is 12.2. The van der Waals surface area contributed by atoms with Crippen LogP contribution in [-0.4, -0.2) is 28.3 Å². The van der Waals surface area contributed by atoms with Crippen LogP contribution >= 0.6 is 22.7 Å². The summed E-state index contributed by atoms with van der Waals surface area (Å²) in [5.74, 6) is 2.51.